The SMILES string of the molecule is c1ccc(-c2cc(-c3ccccc3)cc(-c3cc(-c4ccc(-c5ccc6c(c5)C(c5ccccc5)(c5ccccc5)c5ccccc5-6)cc4)cc(-c4cc5ccc6ccc7ccc8c(-c9ccccc9)cc9ccc4c4c5c6c7c8c94)c3)c2)cc1. The normalized spacial score (nSPS) is 12.8. The third kappa shape index (κ3) is 7.16. The van der Waals surface area contributed by atoms with Crippen LogP contribution in [0, 0.1) is 0 Å². The molecule has 0 radical (unpaired) electrons. The van der Waals surface area contributed by atoms with Crippen LogP contribution < -0.4 is 0 Å². The lowest BCUT2D eigenvalue weighted by atomic mass is 9.67. The summed E-state index contributed by atoms with van der Waals surface area (Å²) in [7, 11) is 0. The second-order valence-electron chi connectivity index (χ2n) is 23.4. The molecule has 0 aliphatic heterocycles. The van der Waals surface area contributed by atoms with Gasteiger partial charge in [0.2, 0.25) is 0 Å². The average molecular weight is 1070 g/mol. The maximum absolute atomic E-state index is 2.49. The molecule has 0 spiro atoms. The lowest BCUT2D eigenvalue weighted by molar-refractivity contribution is 0.769. The molecule has 0 fully saturated rings. The zero-order valence-electron chi connectivity index (χ0n) is 46.5. The van der Waals surface area contributed by atoms with Crippen molar-refractivity contribution in [3.05, 3.63) is 338 Å². The quantitative estimate of drug-likeness (QED) is 0.0998. The van der Waals surface area contributed by atoms with Gasteiger partial charge in [-0.1, -0.05) is 261 Å². The standard InChI is InChI=1S/C85H52/c1-6-18-53(19-7-1)63-44-64(54-20-8-2-9-21-54)46-66(45-63)67-47-65(56-32-30-55(31-33-56)60-39-41-72-71-28-16-17-29-77(71)85(78(72)52-60,69-24-12-4-13-25-69)70-26-14-5-15-27-70)48-68(49-67)76-51-61-37-36-58-34-35-59-38-42-73-75(57-22-10-3-11-23-57)50-62-40-43-74(76)84-81(61)79(58)80(59)83(73)82(62)84/h1-52H. The van der Waals surface area contributed by atoms with Gasteiger partial charge >= 0.3 is 0 Å². The molecule has 0 saturated heterocycles. The zero-order valence-corrected chi connectivity index (χ0v) is 46.5. The van der Waals surface area contributed by atoms with Crippen molar-refractivity contribution in [1.82, 2.24) is 0 Å². The molecule has 85 heavy (non-hydrogen) atoms. The van der Waals surface area contributed by atoms with Gasteiger partial charge in [-0.25, -0.2) is 0 Å². The van der Waals surface area contributed by atoms with E-state index in [1.165, 1.54) is 176 Å². The van der Waals surface area contributed by atoms with Gasteiger partial charge < -0.3 is 0 Å². The van der Waals surface area contributed by atoms with E-state index in [0.717, 1.165) is 0 Å². The maximum Gasteiger partial charge on any atom is 0.0713 e. The summed E-state index contributed by atoms with van der Waals surface area (Å²) < 4.78 is 0. The van der Waals surface area contributed by atoms with E-state index in [-0.39, 0.29) is 0 Å². The summed E-state index contributed by atoms with van der Waals surface area (Å²) in [6.07, 6.45) is 0. The lowest BCUT2D eigenvalue weighted by Gasteiger charge is -2.34. The van der Waals surface area contributed by atoms with Crippen molar-refractivity contribution in [3.63, 3.8) is 0 Å². The van der Waals surface area contributed by atoms with Crippen LogP contribution in [0.1, 0.15) is 22.3 Å². The molecular formula is C85H52. The molecule has 1 aliphatic carbocycles. The predicted octanol–water partition coefficient (Wildman–Crippen LogP) is 23.0. The van der Waals surface area contributed by atoms with Crippen molar-refractivity contribution in [3.8, 4) is 89.0 Å². The van der Waals surface area contributed by atoms with Crippen LogP contribution in [0.3, 0.4) is 0 Å². The molecule has 0 aromatic heterocycles. The van der Waals surface area contributed by atoms with E-state index in [2.05, 4.69) is 315 Å². The first-order valence-corrected chi connectivity index (χ1v) is 29.7. The van der Waals surface area contributed by atoms with E-state index >= 15 is 0 Å². The van der Waals surface area contributed by atoms with Gasteiger partial charge in [0.25, 0.3) is 0 Å². The van der Waals surface area contributed by atoms with Crippen LogP contribution in [0.5, 0.6) is 0 Å². The summed E-state index contributed by atoms with van der Waals surface area (Å²) in [4.78, 5) is 0. The van der Waals surface area contributed by atoms with Crippen molar-refractivity contribution < 1.29 is 0 Å². The first-order chi connectivity index (χ1) is 42.1. The molecule has 0 N–H and O–H groups in total. The molecule has 0 unspecified atom stereocenters. The molecular weight excluding hydrogens is 1020 g/mol. The Labute approximate surface area is 493 Å². The summed E-state index contributed by atoms with van der Waals surface area (Å²) in [6.45, 7) is 0. The van der Waals surface area contributed by atoms with Gasteiger partial charge in [-0.2, -0.15) is 0 Å². The molecule has 18 rings (SSSR count). The Kier molecular flexibility index (Phi) is 10.4. The van der Waals surface area contributed by atoms with E-state index in [1.807, 2.05) is 0 Å². The van der Waals surface area contributed by atoms with E-state index < -0.39 is 5.41 Å². The van der Waals surface area contributed by atoms with Crippen LogP contribution in [-0.4, -0.2) is 0 Å². The molecule has 392 valence electrons. The zero-order chi connectivity index (χ0) is 55.7. The topological polar surface area (TPSA) is 0 Å². The Balaban J connectivity index is 0.854. The van der Waals surface area contributed by atoms with Crippen LogP contribution in [0.15, 0.2) is 315 Å². The fourth-order valence-electron chi connectivity index (χ4n) is 15.2. The Morgan fingerprint density at radius 1 is 0.165 bits per heavy atom. The largest absolute Gasteiger partial charge is 0.0713 e. The first-order valence-electron chi connectivity index (χ1n) is 29.7. The highest BCUT2D eigenvalue weighted by Gasteiger charge is 2.46. The van der Waals surface area contributed by atoms with Crippen molar-refractivity contribution in [2.24, 2.45) is 0 Å². The first kappa shape index (κ1) is 47.7. The van der Waals surface area contributed by atoms with Gasteiger partial charge in [0.1, 0.15) is 0 Å². The highest BCUT2D eigenvalue weighted by Crippen LogP contribution is 2.57. The van der Waals surface area contributed by atoms with E-state index in [1.54, 1.807) is 0 Å². The lowest BCUT2D eigenvalue weighted by Crippen LogP contribution is -2.28. The summed E-state index contributed by atoms with van der Waals surface area (Å²) in [5, 5.41) is 15.8. The Morgan fingerprint density at radius 3 is 1.05 bits per heavy atom. The maximum atomic E-state index is 2.49. The van der Waals surface area contributed by atoms with Crippen LogP contribution in [0.2, 0.25) is 0 Å². The smallest absolute Gasteiger partial charge is 0.0622 e. The van der Waals surface area contributed by atoms with Gasteiger partial charge in [-0.3, -0.25) is 0 Å². The third-order valence-electron chi connectivity index (χ3n) is 18.9. The molecule has 0 amide bonds. The summed E-state index contributed by atoms with van der Waals surface area (Å²) in [5.41, 5.74) is 24.0. The minimum Gasteiger partial charge on any atom is -0.0622 e. The predicted molar refractivity (Wildman–Crippen MR) is 360 cm³/mol. The van der Waals surface area contributed by atoms with Crippen LogP contribution in [0.25, 0.3) is 154 Å². The second kappa shape index (κ2) is 18.5. The average Bonchev–Trinajstić information content (AvgIpc) is 1.56. The second-order valence-corrected chi connectivity index (χ2v) is 23.4. The van der Waals surface area contributed by atoms with Crippen molar-refractivity contribution in [2.45, 2.75) is 5.41 Å². The fourth-order valence-corrected chi connectivity index (χ4v) is 15.2. The van der Waals surface area contributed by atoms with Crippen LogP contribution in [0.4, 0.5) is 0 Å². The summed E-state index contributed by atoms with van der Waals surface area (Å²) >= 11 is 0. The van der Waals surface area contributed by atoms with E-state index in [4.69, 9.17) is 0 Å². The Morgan fingerprint density at radius 2 is 0.506 bits per heavy atom. The van der Waals surface area contributed by atoms with E-state index in [9.17, 15) is 0 Å². The Bertz CT molecular complexity index is 5310. The molecule has 1 aliphatic rings. The van der Waals surface area contributed by atoms with Crippen molar-refractivity contribution >= 4 is 64.6 Å². The number of rotatable bonds is 9. The highest BCUT2D eigenvalue weighted by atomic mass is 14.5. The van der Waals surface area contributed by atoms with Gasteiger partial charge in [0.05, 0.1) is 5.41 Å². The fraction of sp³-hybridized carbons (Fsp3) is 0.0118. The number of hydrogen-bond acceptors (Lipinski definition) is 0. The molecule has 0 heterocycles. The summed E-state index contributed by atoms with van der Waals surface area (Å²) in [5.74, 6) is 0. The van der Waals surface area contributed by atoms with Gasteiger partial charge in [-0.15, -0.1) is 0 Å². The molecule has 0 saturated carbocycles. The van der Waals surface area contributed by atoms with E-state index in [0.29, 0.717) is 0 Å². The van der Waals surface area contributed by atoms with Gasteiger partial charge in [0, 0.05) is 0 Å². The summed E-state index contributed by atoms with van der Waals surface area (Å²) in [6, 6.07) is 119. The molecule has 0 heteroatoms. The molecule has 0 nitrogen and oxygen atoms in total. The van der Waals surface area contributed by atoms with Crippen molar-refractivity contribution in [2.75, 3.05) is 0 Å². The monoisotopic (exact) mass is 1070 g/mol. The van der Waals surface area contributed by atoms with Crippen molar-refractivity contribution in [1.29, 1.82) is 0 Å². The highest BCUT2D eigenvalue weighted by molar-refractivity contribution is 6.46. The molecule has 0 bridgehead atoms. The number of benzene rings is 17. The number of hydrogen-bond donors (Lipinski definition) is 0. The van der Waals surface area contributed by atoms with Gasteiger partial charge in [-0.05, 0) is 231 Å². The van der Waals surface area contributed by atoms with Gasteiger partial charge in [0.15, 0.2) is 0 Å². The molecule has 0 atom stereocenters. The number of fused-ring (bicyclic) bond motifs is 3. The molecule has 17 aromatic carbocycles. The molecule has 17 aromatic rings. The van der Waals surface area contributed by atoms with Crippen LogP contribution in [-0.2, 0) is 5.41 Å². The minimum absolute atomic E-state index is 0.475. The third-order valence-corrected chi connectivity index (χ3v) is 18.9. The van der Waals surface area contributed by atoms with Crippen LogP contribution >= 0.6 is 0 Å². The Hall–Kier alpha value is -10.9. The minimum atomic E-state index is -0.475.